The quantitative estimate of drug-likeness (QED) is 0.488. The topological polar surface area (TPSA) is 86.5 Å². The van der Waals surface area contributed by atoms with E-state index in [1.807, 2.05) is 42.5 Å². The van der Waals surface area contributed by atoms with Crippen molar-refractivity contribution in [3.63, 3.8) is 0 Å². The number of ether oxygens (including phenoxy) is 2. The molecule has 3 N–H and O–H groups in total. The average molecular weight is 424 g/mol. The lowest BCUT2D eigenvalue weighted by Gasteiger charge is -2.11. The van der Waals surface area contributed by atoms with Gasteiger partial charge in [-0.3, -0.25) is 4.79 Å². The summed E-state index contributed by atoms with van der Waals surface area (Å²) in [7, 11) is 1.58. The van der Waals surface area contributed by atoms with Crippen LogP contribution in [0.5, 0.6) is 11.5 Å². The largest absolute Gasteiger partial charge is 0.456 e. The summed E-state index contributed by atoms with van der Waals surface area (Å²) in [6.07, 6.45) is 0. The van der Waals surface area contributed by atoms with E-state index in [1.165, 1.54) is 0 Å². The minimum atomic E-state index is -0.269. The third-order valence-corrected chi connectivity index (χ3v) is 5.21. The molecule has 1 amide bonds. The zero-order chi connectivity index (χ0) is 21.3. The van der Waals surface area contributed by atoms with E-state index in [0.29, 0.717) is 24.4 Å². The number of para-hydroxylation sites is 1. The second-order valence-corrected chi connectivity index (χ2v) is 7.78. The summed E-state index contributed by atoms with van der Waals surface area (Å²) in [5.74, 6) is 2.49. The maximum atomic E-state index is 12.4. The minimum Gasteiger partial charge on any atom is -0.456 e. The van der Waals surface area contributed by atoms with Gasteiger partial charge in [0.2, 0.25) is 0 Å². The molecule has 0 unspecified atom stereocenters. The van der Waals surface area contributed by atoms with Gasteiger partial charge in [0.1, 0.15) is 17.3 Å². The second-order valence-electron chi connectivity index (χ2n) is 6.48. The van der Waals surface area contributed by atoms with Crippen LogP contribution in [0.2, 0.25) is 0 Å². The number of benzene rings is 2. The summed E-state index contributed by atoms with van der Waals surface area (Å²) in [4.78, 5) is 17.7. The highest BCUT2D eigenvalue weighted by molar-refractivity contribution is 7.99. The molecule has 1 heterocycles. The number of hydrogen-bond acceptors (Lipinski definition) is 6. The highest BCUT2D eigenvalue weighted by atomic mass is 32.2. The van der Waals surface area contributed by atoms with Gasteiger partial charge in [0.05, 0.1) is 22.8 Å². The van der Waals surface area contributed by atoms with Gasteiger partial charge in [-0.1, -0.05) is 31.2 Å². The molecule has 0 saturated heterocycles. The lowest BCUT2D eigenvalue weighted by Crippen LogP contribution is -2.24. The maximum absolute atomic E-state index is 12.4. The van der Waals surface area contributed by atoms with Gasteiger partial charge in [0, 0.05) is 13.7 Å². The van der Waals surface area contributed by atoms with Crippen LogP contribution >= 0.6 is 11.8 Å². The van der Waals surface area contributed by atoms with Gasteiger partial charge in [0.25, 0.3) is 5.91 Å². The van der Waals surface area contributed by atoms with E-state index >= 15 is 0 Å². The third-order valence-electron chi connectivity index (χ3n) is 4.27. The van der Waals surface area contributed by atoms with Gasteiger partial charge < -0.3 is 20.5 Å². The summed E-state index contributed by atoms with van der Waals surface area (Å²) >= 11 is 1.74. The first-order valence-electron chi connectivity index (χ1n) is 9.62. The second kappa shape index (κ2) is 10.7. The first kappa shape index (κ1) is 21.7. The number of amides is 1. The molecular weight excluding hydrogens is 398 g/mol. The molecule has 0 aliphatic rings. The van der Waals surface area contributed by atoms with Crippen LogP contribution in [-0.4, -0.2) is 23.8 Å². The van der Waals surface area contributed by atoms with Gasteiger partial charge >= 0.3 is 0 Å². The first-order valence-corrected chi connectivity index (χ1v) is 10.6. The highest BCUT2D eigenvalue weighted by Gasteiger charge is 2.11. The highest BCUT2D eigenvalue weighted by Crippen LogP contribution is 2.32. The number of rotatable bonds is 9. The zero-order valence-electron chi connectivity index (χ0n) is 17.1. The van der Waals surface area contributed by atoms with Crippen LogP contribution in [-0.2, 0) is 17.9 Å². The number of carbonyl (C=O) groups is 1. The molecular formula is C23H25N3O3S. The molecule has 6 nitrogen and oxygen atoms in total. The van der Waals surface area contributed by atoms with Crippen LogP contribution in [0.15, 0.2) is 65.6 Å². The van der Waals surface area contributed by atoms with Crippen molar-refractivity contribution in [2.75, 3.05) is 18.6 Å². The number of anilines is 1. The number of nitrogens with one attached hydrogen (secondary N) is 1. The van der Waals surface area contributed by atoms with E-state index in [2.05, 4.69) is 23.3 Å². The Balaban J connectivity index is 1.59. The molecule has 0 aliphatic carbocycles. The number of carbonyl (C=O) groups excluding carboxylic acids is 1. The number of nitrogens with two attached hydrogens (primary N) is 1. The summed E-state index contributed by atoms with van der Waals surface area (Å²) in [5.41, 5.74) is 7.88. The molecule has 7 heteroatoms. The Morgan fingerprint density at radius 1 is 1.10 bits per heavy atom. The Hall–Kier alpha value is -3.03. The molecule has 30 heavy (non-hydrogen) atoms. The molecule has 0 bridgehead atoms. The van der Waals surface area contributed by atoms with Crippen molar-refractivity contribution >= 4 is 23.5 Å². The van der Waals surface area contributed by atoms with Crippen LogP contribution in [0.3, 0.4) is 0 Å². The van der Waals surface area contributed by atoms with Gasteiger partial charge in [-0.15, -0.1) is 11.8 Å². The molecule has 3 rings (SSSR count). The van der Waals surface area contributed by atoms with Crippen molar-refractivity contribution < 1.29 is 14.3 Å². The van der Waals surface area contributed by atoms with Crippen molar-refractivity contribution in [2.45, 2.75) is 25.0 Å². The van der Waals surface area contributed by atoms with Gasteiger partial charge in [0.15, 0.2) is 0 Å². The zero-order valence-corrected chi connectivity index (χ0v) is 17.9. The summed E-state index contributed by atoms with van der Waals surface area (Å²) in [5, 5.41) is 2.87. The van der Waals surface area contributed by atoms with E-state index in [4.69, 9.17) is 15.2 Å². The standard InChI is InChI=1S/C23H25N3O3S/c1-3-30-21-7-5-4-6-20(21)29-18-11-8-16(9-12-18)14-25-23(27)19-13-10-17(15-28-2)26-22(19)24/h4-13H,3,14-15H2,1-2H3,(H2,24,26)(H,25,27). The Morgan fingerprint density at radius 3 is 2.57 bits per heavy atom. The van der Waals surface area contributed by atoms with Crippen molar-refractivity contribution in [1.29, 1.82) is 0 Å². The molecule has 0 fully saturated rings. The molecule has 0 saturated carbocycles. The molecule has 0 spiro atoms. The fraction of sp³-hybridized carbons (Fsp3) is 0.217. The number of pyridine rings is 1. The van der Waals surface area contributed by atoms with Gasteiger partial charge in [-0.25, -0.2) is 4.98 Å². The first-order chi connectivity index (χ1) is 14.6. The fourth-order valence-electron chi connectivity index (χ4n) is 2.83. The number of aromatic nitrogens is 1. The minimum absolute atomic E-state index is 0.189. The average Bonchev–Trinajstić information content (AvgIpc) is 2.75. The Bertz CT molecular complexity index is 993. The van der Waals surface area contributed by atoms with Gasteiger partial charge in [-0.05, 0) is 47.7 Å². The van der Waals surface area contributed by atoms with Crippen LogP contribution in [0.25, 0.3) is 0 Å². The van der Waals surface area contributed by atoms with Crippen molar-refractivity contribution in [3.8, 4) is 11.5 Å². The molecule has 2 aromatic carbocycles. The molecule has 0 atom stereocenters. The predicted molar refractivity (Wildman–Crippen MR) is 120 cm³/mol. The predicted octanol–water partition coefficient (Wildman–Crippen LogP) is 4.64. The summed E-state index contributed by atoms with van der Waals surface area (Å²) in [6.45, 7) is 2.84. The van der Waals surface area contributed by atoms with Crippen molar-refractivity contribution in [1.82, 2.24) is 10.3 Å². The normalized spacial score (nSPS) is 10.6. The number of thioether (sulfide) groups is 1. The van der Waals surface area contributed by atoms with Crippen LogP contribution in [0.1, 0.15) is 28.5 Å². The number of methoxy groups -OCH3 is 1. The van der Waals surface area contributed by atoms with Crippen LogP contribution in [0.4, 0.5) is 5.82 Å². The summed E-state index contributed by atoms with van der Waals surface area (Å²) < 4.78 is 11.0. The van der Waals surface area contributed by atoms with E-state index in [9.17, 15) is 4.79 Å². The molecule has 0 radical (unpaired) electrons. The lowest BCUT2D eigenvalue weighted by molar-refractivity contribution is 0.0951. The van der Waals surface area contributed by atoms with Crippen molar-refractivity contribution in [3.05, 3.63) is 77.5 Å². The van der Waals surface area contributed by atoms with E-state index < -0.39 is 0 Å². The smallest absolute Gasteiger partial charge is 0.255 e. The summed E-state index contributed by atoms with van der Waals surface area (Å²) in [6, 6.07) is 19.0. The van der Waals surface area contributed by atoms with E-state index in [1.54, 1.807) is 31.0 Å². The lowest BCUT2D eigenvalue weighted by atomic mass is 10.2. The molecule has 3 aromatic rings. The number of nitrogen functional groups attached to an aromatic ring is 1. The number of nitrogens with zero attached hydrogens (tertiary/aromatic N) is 1. The monoisotopic (exact) mass is 423 g/mol. The Morgan fingerprint density at radius 2 is 1.87 bits per heavy atom. The third kappa shape index (κ3) is 5.75. The van der Waals surface area contributed by atoms with Crippen LogP contribution in [0, 0.1) is 0 Å². The SMILES string of the molecule is CCSc1ccccc1Oc1ccc(CNC(=O)c2ccc(COC)nc2N)cc1. The Kier molecular flexibility index (Phi) is 7.70. The number of hydrogen-bond donors (Lipinski definition) is 2. The van der Waals surface area contributed by atoms with Gasteiger partial charge in [-0.2, -0.15) is 0 Å². The molecule has 0 aliphatic heterocycles. The van der Waals surface area contributed by atoms with Crippen molar-refractivity contribution in [2.24, 2.45) is 0 Å². The Labute approximate surface area is 180 Å². The maximum Gasteiger partial charge on any atom is 0.255 e. The van der Waals surface area contributed by atoms with E-state index in [0.717, 1.165) is 27.7 Å². The molecule has 1 aromatic heterocycles. The van der Waals surface area contributed by atoms with Crippen LogP contribution < -0.4 is 15.8 Å². The molecule has 156 valence electrons. The fourth-order valence-corrected chi connectivity index (χ4v) is 3.56. The van der Waals surface area contributed by atoms with E-state index in [-0.39, 0.29) is 11.7 Å².